The fourth-order valence-electron chi connectivity index (χ4n) is 3.98. The van der Waals surface area contributed by atoms with Gasteiger partial charge in [0.1, 0.15) is 0 Å². The molecule has 5 rings (SSSR count). The normalized spacial score (nSPS) is 16.7. The number of aromatic nitrogens is 1. The van der Waals surface area contributed by atoms with Gasteiger partial charge in [-0.2, -0.15) is 0 Å². The van der Waals surface area contributed by atoms with Gasteiger partial charge in [0.25, 0.3) is 11.6 Å². The zero-order valence-corrected chi connectivity index (χ0v) is 18.7. The van der Waals surface area contributed by atoms with E-state index >= 15 is 0 Å². The number of fused-ring (bicyclic) bond motifs is 1. The Labute approximate surface area is 193 Å². The predicted molar refractivity (Wildman–Crippen MR) is 127 cm³/mol. The van der Waals surface area contributed by atoms with E-state index in [0.29, 0.717) is 50.9 Å². The second-order valence-electron chi connectivity index (χ2n) is 7.79. The van der Waals surface area contributed by atoms with Gasteiger partial charge in [-0.3, -0.25) is 14.9 Å². The molecule has 2 aliphatic rings. The molecule has 2 aliphatic heterocycles. The van der Waals surface area contributed by atoms with Crippen LogP contribution >= 0.6 is 11.3 Å². The highest BCUT2D eigenvalue weighted by Gasteiger charge is 2.23. The van der Waals surface area contributed by atoms with E-state index in [4.69, 9.17) is 14.5 Å². The minimum Gasteiger partial charge on any atom is -0.378 e. The Balaban J connectivity index is 1.41. The number of carbonyl (C=O) groups is 1. The summed E-state index contributed by atoms with van der Waals surface area (Å²) in [6.45, 7) is 5.32. The van der Waals surface area contributed by atoms with Gasteiger partial charge < -0.3 is 24.6 Å². The van der Waals surface area contributed by atoms with Gasteiger partial charge in [0.05, 0.1) is 52.8 Å². The Morgan fingerprint density at radius 3 is 2.39 bits per heavy atom. The van der Waals surface area contributed by atoms with Crippen LogP contribution in [-0.2, 0) is 9.47 Å². The maximum Gasteiger partial charge on any atom is 0.270 e. The number of nitro groups is 1. The van der Waals surface area contributed by atoms with Crippen LogP contribution in [0.2, 0.25) is 0 Å². The summed E-state index contributed by atoms with van der Waals surface area (Å²) in [5.74, 6) is -0.391. The number of nitro benzene ring substituents is 1. The second kappa shape index (κ2) is 9.30. The van der Waals surface area contributed by atoms with Crippen molar-refractivity contribution in [2.45, 2.75) is 0 Å². The van der Waals surface area contributed by atoms with Crippen molar-refractivity contribution in [3.8, 4) is 0 Å². The van der Waals surface area contributed by atoms with Gasteiger partial charge in [0.2, 0.25) is 0 Å². The largest absolute Gasteiger partial charge is 0.378 e. The number of non-ortho nitro benzene ring substituents is 1. The van der Waals surface area contributed by atoms with Crippen LogP contribution in [0.1, 0.15) is 10.4 Å². The zero-order valence-electron chi connectivity index (χ0n) is 17.9. The molecule has 0 bridgehead atoms. The fraction of sp³-hybridized carbons (Fsp3) is 0.364. The molecule has 1 aromatic heterocycles. The first kappa shape index (κ1) is 21.6. The van der Waals surface area contributed by atoms with Crippen molar-refractivity contribution < 1.29 is 19.2 Å². The van der Waals surface area contributed by atoms with E-state index in [-0.39, 0.29) is 11.3 Å². The summed E-state index contributed by atoms with van der Waals surface area (Å²) in [5.41, 5.74) is 2.29. The molecule has 0 spiro atoms. The number of anilines is 3. The number of thiazole rings is 1. The van der Waals surface area contributed by atoms with Gasteiger partial charge in [-0.15, -0.1) is 0 Å². The number of amides is 1. The molecule has 172 valence electrons. The second-order valence-corrected chi connectivity index (χ2v) is 8.80. The Morgan fingerprint density at radius 1 is 1.00 bits per heavy atom. The van der Waals surface area contributed by atoms with Crippen LogP contribution in [-0.4, -0.2) is 68.4 Å². The van der Waals surface area contributed by atoms with Gasteiger partial charge in [-0.1, -0.05) is 11.3 Å². The summed E-state index contributed by atoms with van der Waals surface area (Å²) < 4.78 is 11.8. The van der Waals surface area contributed by atoms with Crippen LogP contribution in [0.5, 0.6) is 0 Å². The first-order valence-corrected chi connectivity index (χ1v) is 11.6. The number of carbonyl (C=O) groups excluding carboxylic acids is 1. The van der Waals surface area contributed by atoms with Crippen molar-refractivity contribution in [1.29, 1.82) is 0 Å². The third-order valence-corrected chi connectivity index (χ3v) is 6.78. The van der Waals surface area contributed by atoms with E-state index in [9.17, 15) is 14.9 Å². The highest BCUT2D eigenvalue weighted by atomic mass is 32.1. The molecule has 1 N–H and O–H groups in total. The first-order valence-electron chi connectivity index (χ1n) is 10.7. The summed E-state index contributed by atoms with van der Waals surface area (Å²) in [6.07, 6.45) is 0. The number of hydrogen-bond donors (Lipinski definition) is 1. The first-order chi connectivity index (χ1) is 16.1. The molecule has 0 saturated carbocycles. The van der Waals surface area contributed by atoms with E-state index in [0.717, 1.165) is 28.4 Å². The van der Waals surface area contributed by atoms with E-state index < -0.39 is 10.8 Å². The highest BCUT2D eigenvalue weighted by Crippen LogP contribution is 2.32. The number of benzene rings is 2. The summed E-state index contributed by atoms with van der Waals surface area (Å²) in [4.78, 5) is 33.0. The van der Waals surface area contributed by atoms with Crippen molar-refractivity contribution in [1.82, 2.24) is 4.98 Å². The summed E-state index contributed by atoms with van der Waals surface area (Å²) in [7, 11) is 0. The fourth-order valence-corrected chi connectivity index (χ4v) is 5.03. The van der Waals surface area contributed by atoms with Crippen LogP contribution in [0, 0.1) is 10.1 Å². The van der Waals surface area contributed by atoms with E-state index in [1.165, 1.54) is 12.1 Å². The lowest BCUT2D eigenvalue weighted by Gasteiger charge is -2.30. The third kappa shape index (κ3) is 4.61. The monoisotopic (exact) mass is 469 g/mol. The molecule has 0 radical (unpaired) electrons. The highest BCUT2D eigenvalue weighted by molar-refractivity contribution is 7.22. The summed E-state index contributed by atoms with van der Waals surface area (Å²) in [5, 5.41) is 15.2. The van der Waals surface area contributed by atoms with Gasteiger partial charge in [0, 0.05) is 44.0 Å². The average Bonchev–Trinajstić information content (AvgIpc) is 3.28. The van der Waals surface area contributed by atoms with Crippen molar-refractivity contribution in [3.05, 3.63) is 52.1 Å². The summed E-state index contributed by atoms with van der Waals surface area (Å²) in [6, 6.07) is 9.97. The van der Waals surface area contributed by atoms with Crippen LogP contribution in [0.3, 0.4) is 0 Å². The SMILES string of the molecule is O=C(Nc1ccc2nc(N3CCOCC3)sc2c1)c1cc([N+](=O)[O-])ccc1N1CCOCC1. The molecule has 2 fully saturated rings. The zero-order chi connectivity index (χ0) is 22.8. The number of nitrogens with zero attached hydrogens (tertiary/aromatic N) is 4. The van der Waals surface area contributed by atoms with Crippen molar-refractivity contribution >= 4 is 49.7 Å². The molecule has 33 heavy (non-hydrogen) atoms. The van der Waals surface area contributed by atoms with E-state index in [1.807, 2.05) is 17.0 Å². The minimum absolute atomic E-state index is 0.120. The number of hydrogen-bond acceptors (Lipinski definition) is 9. The maximum atomic E-state index is 13.2. The molecule has 1 amide bonds. The molecule has 2 aromatic carbocycles. The number of nitrogens with one attached hydrogen (secondary N) is 1. The number of ether oxygens (including phenoxy) is 2. The van der Waals surface area contributed by atoms with Crippen molar-refractivity contribution in [3.63, 3.8) is 0 Å². The molecule has 0 atom stereocenters. The van der Waals surface area contributed by atoms with E-state index in [1.54, 1.807) is 23.5 Å². The van der Waals surface area contributed by atoms with Gasteiger partial charge in [0.15, 0.2) is 5.13 Å². The Kier molecular flexibility index (Phi) is 6.07. The molecule has 0 aliphatic carbocycles. The molecule has 0 unspecified atom stereocenters. The molecule has 11 heteroatoms. The van der Waals surface area contributed by atoms with Gasteiger partial charge >= 0.3 is 0 Å². The molecule has 2 saturated heterocycles. The Bertz CT molecular complexity index is 1190. The maximum absolute atomic E-state index is 13.2. The topological polar surface area (TPSA) is 110 Å². The predicted octanol–water partition coefficient (Wildman–Crippen LogP) is 3.13. The van der Waals surface area contributed by atoms with Crippen molar-refractivity contribution in [2.75, 3.05) is 67.7 Å². The van der Waals surface area contributed by atoms with Gasteiger partial charge in [-0.25, -0.2) is 4.98 Å². The van der Waals surface area contributed by atoms with Crippen LogP contribution < -0.4 is 15.1 Å². The van der Waals surface area contributed by atoms with Crippen LogP contribution in [0.4, 0.5) is 22.2 Å². The lowest BCUT2D eigenvalue weighted by Crippen LogP contribution is -2.37. The van der Waals surface area contributed by atoms with Crippen molar-refractivity contribution in [2.24, 2.45) is 0 Å². The molecule has 3 heterocycles. The standard InChI is InChI=1S/C22H23N5O5S/c28-21(17-14-16(27(29)30)2-4-19(17)25-5-9-31-10-6-25)23-15-1-3-18-20(13-15)33-22(24-18)26-7-11-32-12-8-26/h1-4,13-14H,5-12H2,(H,23,28). The molecular weight excluding hydrogens is 446 g/mol. The number of morpholine rings is 2. The third-order valence-electron chi connectivity index (χ3n) is 5.70. The van der Waals surface area contributed by atoms with Crippen LogP contribution in [0.25, 0.3) is 10.2 Å². The van der Waals surface area contributed by atoms with Crippen LogP contribution in [0.15, 0.2) is 36.4 Å². The molecule has 3 aromatic rings. The Morgan fingerprint density at radius 2 is 1.70 bits per heavy atom. The molecular formula is C22H23N5O5S. The van der Waals surface area contributed by atoms with E-state index in [2.05, 4.69) is 10.2 Å². The summed E-state index contributed by atoms with van der Waals surface area (Å²) >= 11 is 1.57. The quantitative estimate of drug-likeness (QED) is 0.448. The minimum atomic E-state index is -0.490. The van der Waals surface area contributed by atoms with Gasteiger partial charge in [-0.05, 0) is 24.3 Å². The molecule has 10 nitrogen and oxygen atoms in total. The lowest BCUT2D eigenvalue weighted by molar-refractivity contribution is -0.384. The smallest absolute Gasteiger partial charge is 0.270 e. The average molecular weight is 470 g/mol. The number of rotatable bonds is 5. The lowest BCUT2D eigenvalue weighted by atomic mass is 10.1. The Hall–Kier alpha value is -3.28.